The maximum atomic E-state index is 12.9. The first-order valence-electron chi connectivity index (χ1n) is 33.8. The van der Waals surface area contributed by atoms with Crippen LogP contribution in [-0.2, 0) is 32.7 Å². The van der Waals surface area contributed by atoms with Gasteiger partial charge in [0.1, 0.15) is 19.8 Å². The number of ether oxygens (including phenoxy) is 2. The fourth-order valence-electron chi connectivity index (χ4n) is 8.62. The summed E-state index contributed by atoms with van der Waals surface area (Å²) in [6, 6.07) is 0. The third kappa shape index (κ3) is 68.5. The monoisotopic (exact) mass is 1210 g/mol. The van der Waals surface area contributed by atoms with Crippen LogP contribution in [0.25, 0.3) is 0 Å². The van der Waals surface area contributed by atoms with E-state index in [9.17, 15) is 19.0 Å². The number of hydrogen-bond acceptors (Lipinski definition) is 8. The summed E-state index contributed by atoms with van der Waals surface area (Å²) in [5.41, 5.74) is 0. The van der Waals surface area contributed by atoms with E-state index in [1.54, 1.807) is 0 Å². The first-order chi connectivity index (χ1) is 42.0. The van der Waals surface area contributed by atoms with Gasteiger partial charge in [-0.25, -0.2) is 0 Å². The van der Waals surface area contributed by atoms with Gasteiger partial charge in [0.2, 0.25) is 0 Å². The molecular weight excluding hydrogens is 1090 g/mol. The second kappa shape index (κ2) is 64.8. The van der Waals surface area contributed by atoms with Gasteiger partial charge in [-0.3, -0.25) is 14.2 Å². The fourth-order valence-corrected chi connectivity index (χ4v) is 9.35. The van der Waals surface area contributed by atoms with E-state index in [1.165, 1.54) is 64.2 Å². The molecule has 0 aliphatic heterocycles. The van der Waals surface area contributed by atoms with Crippen LogP contribution in [0, 0.1) is 0 Å². The standard InChI is InChI=1S/C76H124NO8P/c1-6-8-10-12-14-16-18-20-22-24-26-28-30-32-34-36-37-38-39-41-43-45-47-49-51-53-55-57-59-61-63-65-67-69-76(79)85-74(73-84-86(80,81)83-71-70-77(3,4)5)72-82-75(78)68-66-64-62-60-58-56-54-52-50-48-46-44-42-40-35-33-31-29-27-25-23-21-19-17-15-13-11-9-7-2/h8-11,14-17,20-23,26-29,32-35,37-38,41-44,48,50,74H,6-7,12-13,18-19,24-25,30-31,36,39-40,45-47,49,51-73H2,1-5H3/b10-8-,11-9-,16-14-,17-15-,22-20-,23-21-,28-26-,29-27-,34-32-,35-33-,38-37-,43-41-,44-42-,50-48-. The average Bonchev–Trinajstić information content (AvgIpc) is 3.70. The summed E-state index contributed by atoms with van der Waals surface area (Å²) in [6.45, 7) is 3.98. The lowest BCUT2D eigenvalue weighted by Crippen LogP contribution is -2.37. The van der Waals surface area contributed by atoms with Gasteiger partial charge >= 0.3 is 11.9 Å². The average molecular weight is 1210 g/mol. The largest absolute Gasteiger partial charge is 0.756 e. The number of phosphoric ester groups is 1. The molecule has 0 rings (SSSR count). The molecule has 0 spiro atoms. The zero-order chi connectivity index (χ0) is 62.6. The predicted octanol–water partition coefficient (Wildman–Crippen LogP) is 21.5. The number of allylic oxidation sites excluding steroid dienone is 28. The van der Waals surface area contributed by atoms with E-state index in [-0.39, 0.29) is 26.1 Å². The second-order valence-electron chi connectivity index (χ2n) is 23.1. The molecule has 86 heavy (non-hydrogen) atoms. The van der Waals surface area contributed by atoms with E-state index in [4.69, 9.17) is 18.5 Å². The van der Waals surface area contributed by atoms with E-state index >= 15 is 0 Å². The van der Waals surface area contributed by atoms with Crippen LogP contribution in [0.1, 0.15) is 245 Å². The summed E-state index contributed by atoms with van der Waals surface area (Å²) in [5.74, 6) is -0.860. The molecular formula is C76H124NO8P. The number of quaternary nitrogens is 1. The number of phosphoric acid groups is 1. The second-order valence-corrected chi connectivity index (χ2v) is 24.5. The molecule has 2 unspecified atom stereocenters. The topological polar surface area (TPSA) is 111 Å². The van der Waals surface area contributed by atoms with Crippen molar-refractivity contribution in [2.75, 3.05) is 47.5 Å². The molecule has 0 saturated carbocycles. The summed E-state index contributed by atoms with van der Waals surface area (Å²) in [6.07, 6.45) is 98.4. The van der Waals surface area contributed by atoms with Crippen LogP contribution in [0.3, 0.4) is 0 Å². The summed E-state index contributed by atoms with van der Waals surface area (Å²) in [7, 11) is 1.14. The van der Waals surface area contributed by atoms with Crippen molar-refractivity contribution in [2.24, 2.45) is 0 Å². The van der Waals surface area contributed by atoms with Gasteiger partial charge in [0.05, 0.1) is 27.7 Å². The van der Waals surface area contributed by atoms with Crippen LogP contribution in [0.2, 0.25) is 0 Å². The number of likely N-dealkylation sites (N-methyl/N-ethyl adjacent to an activating group) is 1. The minimum Gasteiger partial charge on any atom is -0.756 e. The van der Waals surface area contributed by atoms with E-state index in [1.807, 2.05) is 21.1 Å². The first kappa shape index (κ1) is 81.4. The van der Waals surface area contributed by atoms with Gasteiger partial charge in [0.25, 0.3) is 7.82 Å². The van der Waals surface area contributed by atoms with Crippen LogP contribution in [0.5, 0.6) is 0 Å². The highest BCUT2D eigenvalue weighted by atomic mass is 31.2. The first-order valence-corrected chi connectivity index (χ1v) is 35.3. The lowest BCUT2D eigenvalue weighted by Gasteiger charge is -2.28. The smallest absolute Gasteiger partial charge is 0.306 e. The molecule has 486 valence electrons. The summed E-state index contributed by atoms with van der Waals surface area (Å²) >= 11 is 0. The molecule has 0 radical (unpaired) electrons. The minimum absolute atomic E-state index is 0.0425. The highest BCUT2D eigenvalue weighted by Crippen LogP contribution is 2.38. The van der Waals surface area contributed by atoms with Crippen LogP contribution in [0.4, 0.5) is 0 Å². The third-order valence-corrected chi connectivity index (χ3v) is 14.7. The van der Waals surface area contributed by atoms with Crippen molar-refractivity contribution in [3.05, 3.63) is 170 Å². The van der Waals surface area contributed by atoms with Crippen molar-refractivity contribution >= 4 is 19.8 Å². The normalized spacial score (nSPS) is 14.3. The van der Waals surface area contributed by atoms with Gasteiger partial charge in [-0.1, -0.05) is 274 Å². The number of rotatable bonds is 60. The Bertz CT molecular complexity index is 2060. The Hall–Kier alpha value is -4.63. The van der Waals surface area contributed by atoms with Crippen molar-refractivity contribution in [2.45, 2.75) is 251 Å². The Morgan fingerprint density at radius 3 is 0.930 bits per heavy atom. The van der Waals surface area contributed by atoms with E-state index < -0.39 is 32.5 Å². The summed E-state index contributed by atoms with van der Waals surface area (Å²) in [4.78, 5) is 38.1. The van der Waals surface area contributed by atoms with Crippen LogP contribution in [-0.4, -0.2) is 70.0 Å². The molecule has 0 aliphatic carbocycles. The van der Waals surface area contributed by atoms with Crippen molar-refractivity contribution < 1.29 is 42.1 Å². The minimum atomic E-state index is -4.66. The third-order valence-electron chi connectivity index (χ3n) is 13.7. The molecule has 0 aromatic heterocycles. The highest BCUT2D eigenvalue weighted by Gasteiger charge is 2.22. The fraction of sp³-hybridized carbons (Fsp3) is 0.605. The molecule has 0 heterocycles. The summed E-state index contributed by atoms with van der Waals surface area (Å²) in [5, 5.41) is 0. The number of unbranched alkanes of at least 4 members (excludes halogenated alkanes) is 18. The number of hydrogen-bond donors (Lipinski definition) is 0. The molecule has 0 aliphatic rings. The highest BCUT2D eigenvalue weighted by molar-refractivity contribution is 7.45. The number of nitrogens with zero attached hydrogens (tertiary/aromatic N) is 1. The zero-order valence-electron chi connectivity index (χ0n) is 55.2. The lowest BCUT2D eigenvalue weighted by atomic mass is 10.0. The summed E-state index contributed by atoms with van der Waals surface area (Å²) < 4.78 is 34.3. The van der Waals surface area contributed by atoms with Crippen molar-refractivity contribution in [1.29, 1.82) is 0 Å². The SMILES string of the molecule is CC/C=C\C/C=C\C/C=C\C/C=C\C/C=C\C/C=C\C/C=C\CCCCCCCCCCCCCC(=O)OC(COC(=O)CCCCCCCCC/C=C\C/C=C\C/C=C\C/C=C\C/C=C\C/C=C\C/C=C\CC)COP(=O)([O-])OCC[N+](C)(C)C. The molecule has 0 aromatic rings. The van der Waals surface area contributed by atoms with Crippen molar-refractivity contribution in [1.82, 2.24) is 0 Å². The van der Waals surface area contributed by atoms with Crippen LogP contribution >= 0.6 is 7.82 Å². The van der Waals surface area contributed by atoms with Gasteiger partial charge < -0.3 is 27.9 Å². The molecule has 0 bridgehead atoms. The molecule has 0 saturated heterocycles. The predicted molar refractivity (Wildman–Crippen MR) is 369 cm³/mol. The van der Waals surface area contributed by atoms with E-state index in [2.05, 4.69) is 184 Å². The van der Waals surface area contributed by atoms with Gasteiger partial charge in [0, 0.05) is 12.8 Å². The Kier molecular flexibility index (Phi) is 61.3. The van der Waals surface area contributed by atoms with E-state index in [0.29, 0.717) is 23.9 Å². The molecule has 9 nitrogen and oxygen atoms in total. The molecule has 0 amide bonds. The van der Waals surface area contributed by atoms with Gasteiger partial charge in [-0.15, -0.1) is 0 Å². The van der Waals surface area contributed by atoms with Crippen molar-refractivity contribution in [3.8, 4) is 0 Å². The van der Waals surface area contributed by atoms with Gasteiger partial charge in [-0.05, 0) is 128 Å². The number of carbonyl (C=O) groups excluding carboxylic acids is 2. The molecule has 0 aromatic carbocycles. The van der Waals surface area contributed by atoms with Gasteiger partial charge in [-0.2, -0.15) is 0 Å². The Labute approximate surface area is 528 Å². The quantitative estimate of drug-likeness (QED) is 0.0195. The Morgan fingerprint density at radius 1 is 0.360 bits per heavy atom. The number of esters is 2. The Morgan fingerprint density at radius 2 is 0.628 bits per heavy atom. The number of carbonyl (C=O) groups is 2. The molecule has 0 fully saturated rings. The maximum absolute atomic E-state index is 12.9. The maximum Gasteiger partial charge on any atom is 0.306 e. The molecule has 0 N–H and O–H groups in total. The van der Waals surface area contributed by atoms with Crippen LogP contribution < -0.4 is 4.89 Å². The Balaban J connectivity index is 4.17. The molecule has 10 heteroatoms. The van der Waals surface area contributed by atoms with E-state index in [0.717, 1.165) is 141 Å². The molecule has 2 atom stereocenters. The van der Waals surface area contributed by atoms with Crippen LogP contribution in [0.15, 0.2) is 170 Å². The zero-order valence-corrected chi connectivity index (χ0v) is 56.1. The van der Waals surface area contributed by atoms with Gasteiger partial charge in [0.15, 0.2) is 6.10 Å². The lowest BCUT2D eigenvalue weighted by molar-refractivity contribution is -0.870. The van der Waals surface area contributed by atoms with Crippen molar-refractivity contribution in [3.63, 3.8) is 0 Å².